The van der Waals surface area contributed by atoms with Crippen molar-refractivity contribution in [1.82, 2.24) is 10.2 Å². The molecule has 1 fully saturated rings. The fourth-order valence-corrected chi connectivity index (χ4v) is 12.1. The van der Waals surface area contributed by atoms with Gasteiger partial charge in [0.15, 0.2) is 11.5 Å². The highest BCUT2D eigenvalue weighted by Gasteiger charge is 2.65. The molecule has 6 rings (SSSR count). The summed E-state index contributed by atoms with van der Waals surface area (Å²) in [6, 6.07) is 10.8. The van der Waals surface area contributed by atoms with Gasteiger partial charge in [-0.3, -0.25) is 4.79 Å². The Labute approximate surface area is 444 Å². The molecule has 2 amide bonds. The van der Waals surface area contributed by atoms with E-state index in [1.54, 1.807) is 19.3 Å². The molecule has 2 heterocycles. The number of carbonyl (C=O) groups excluding carboxylic acids is 2. The zero-order valence-electron chi connectivity index (χ0n) is 45.6. The summed E-state index contributed by atoms with van der Waals surface area (Å²) in [5.41, 5.74) is 3.45. The molecule has 0 bridgehead atoms. The zero-order valence-corrected chi connectivity index (χ0v) is 45.6. The molecule has 13 heteroatoms. The van der Waals surface area contributed by atoms with Gasteiger partial charge in [-0.1, -0.05) is 159 Å². The van der Waals surface area contributed by atoms with Crippen molar-refractivity contribution < 1.29 is 48.3 Å². The SMILES string of the molecule is C=CCOC12Oc3ccc(OC(=O)NCCCCCCCCCCCC)cc3C3C(CCCCO)C(CCCCO)C=C(C(=NOC)CC1N(Cc1ccc4c(c1)OCO4)C(=O)CCCCCCCCCCC)C32. The van der Waals surface area contributed by atoms with E-state index in [0.717, 1.165) is 86.6 Å². The van der Waals surface area contributed by atoms with E-state index >= 15 is 4.79 Å². The first kappa shape index (κ1) is 58.7. The largest absolute Gasteiger partial charge is 0.459 e. The van der Waals surface area contributed by atoms with Gasteiger partial charge in [-0.05, 0) is 91.8 Å². The Morgan fingerprint density at radius 1 is 0.784 bits per heavy atom. The Kier molecular flexibility index (Phi) is 25.4. The summed E-state index contributed by atoms with van der Waals surface area (Å²) in [7, 11) is 1.56. The van der Waals surface area contributed by atoms with E-state index in [-0.39, 0.29) is 56.8 Å². The molecule has 6 atom stereocenters. The van der Waals surface area contributed by atoms with E-state index in [0.29, 0.717) is 55.2 Å². The highest BCUT2D eigenvalue weighted by molar-refractivity contribution is 6.03. The molecule has 2 aliphatic carbocycles. The molecule has 2 aliphatic heterocycles. The Balaban J connectivity index is 1.36. The van der Waals surface area contributed by atoms with Gasteiger partial charge >= 0.3 is 6.09 Å². The molecule has 0 saturated heterocycles. The lowest BCUT2D eigenvalue weighted by molar-refractivity contribution is -0.258. The molecule has 3 N–H and O–H groups in total. The van der Waals surface area contributed by atoms with Crippen LogP contribution in [-0.4, -0.2) is 84.9 Å². The van der Waals surface area contributed by atoms with Crippen LogP contribution in [0, 0.1) is 17.8 Å². The summed E-state index contributed by atoms with van der Waals surface area (Å²) in [5, 5.41) is 27.8. The van der Waals surface area contributed by atoms with Crippen LogP contribution in [-0.2, 0) is 20.9 Å². The van der Waals surface area contributed by atoms with E-state index < -0.39 is 23.8 Å². The topological polar surface area (TPSA) is 158 Å². The van der Waals surface area contributed by atoms with E-state index in [1.165, 1.54) is 83.5 Å². The third-order valence-electron chi connectivity index (χ3n) is 15.8. The Hall–Kier alpha value is -4.59. The number of allylic oxidation sites excluding steroid dienone is 1. The van der Waals surface area contributed by atoms with Crippen LogP contribution < -0.4 is 24.3 Å². The monoisotopic (exact) mass is 1030 g/mol. The number of unbranched alkanes of at least 4 members (excludes halogenated alkanes) is 19. The van der Waals surface area contributed by atoms with E-state index in [2.05, 4.69) is 31.8 Å². The number of amides is 2. The van der Waals surface area contributed by atoms with Crippen molar-refractivity contribution in [1.29, 1.82) is 0 Å². The molecule has 2 aromatic carbocycles. The summed E-state index contributed by atoms with van der Waals surface area (Å²) in [5.74, 6) is 0.224. The lowest BCUT2D eigenvalue weighted by atomic mass is 9.55. The van der Waals surface area contributed by atoms with Crippen LogP contribution in [0.3, 0.4) is 0 Å². The van der Waals surface area contributed by atoms with Gasteiger partial charge in [0.25, 0.3) is 0 Å². The highest BCUT2D eigenvalue weighted by atomic mass is 16.7. The predicted molar refractivity (Wildman–Crippen MR) is 293 cm³/mol. The molecule has 0 radical (unpaired) electrons. The average Bonchev–Trinajstić information content (AvgIpc) is 3.88. The lowest BCUT2D eigenvalue weighted by Crippen LogP contribution is -2.70. The second-order valence-corrected chi connectivity index (χ2v) is 21.2. The maximum Gasteiger partial charge on any atom is 0.412 e. The fourth-order valence-electron chi connectivity index (χ4n) is 12.1. The number of aliphatic hydroxyl groups excluding tert-OH is 2. The standard InChI is InChI=1S/C61H93N3O10/c1-5-8-10-12-14-16-18-20-22-26-36-62-60(68)73-48-33-35-53-51(42-48)58-49(30-25-28-38-66)47(29-24-27-37-65)41-50-52(63-69-4)43-56(61(74-53,59(50)58)72-39-7-3)64(44-46-32-34-54-55(40-46)71-45-70-54)57(67)31-23-21-19-17-15-13-11-9-6-2/h7,32-35,40-42,47,49,56,58-59,65-66H,3,5-6,8-31,36-39,43-45H2,1-2,4H3,(H,62,68). The minimum atomic E-state index is -1.42. The van der Waals surface area contributed by atoms with E-state index in [1.807, 2.05) is 35.2 Å². The number of hydrogen-bond acceptors (Lipinski definition) is 11. The normalized spacial score (nSPS) is 21.8. The van der Waals surface area contributed by atoms with E-state index in [9.17, 15) is 15.0 Å². The van der Waals surface area contributed by atoms with Gasteiger partial charge in [-0.25, -0.2) is 4.79 Å². The molecule has 74 heavy (non-hydrogen) atoms. The third-order valence-corrected chi connectivity index (χ3v) is 15.8. The van der Waals surface area contributed by atoms with Crippen molar-refractivity contribution in [2.24, 2.45) is 22.9 Å². The quantitative estimate of drug-likeness (QED) is 0.0338. The van der Waals surface area contributed by atoms with Crippen molar-refractivity contribution in [3.8, 4) is 23.0 Å². The second-order valence-electron chi connectivity index (χ2n) is 21.2. The van der Waals surface area contributed by atoms with Gasteiger partial charge < -0.3 is 49.0 Å². The predicted octanol–water partition coefficient (Wildman–Crippen LogP) is 13.6. The van der Waals surface area contributed by atoms with Crippen molar-refractivity contribution >= 4 is 17.7 Å². The summed E-state index contributed by atoms with van der Waals surface area (Å²) in [4.78, 5) is 36.4. The van der Waals surface area contributed by atoms with Gasteiger partial charge in [0.2, 0.25) is 18.5 Å². The van der Waals surface area contributed by atoms with Crippen LogP contribution in [0.5, 0.6) is 23.0 Å². The van der Waals surface area contributed by atoms with Crippen LogP contribution >= 0.6 is 0 Å². The molecule has 0 aromatic heterocycles. The van der Waals surface area contributed by atoms with Crippen LogP contribution in [0.15, 0.2) is 65.9 Å². The van der Waals surface area contributed by atoms with Gasteiger partial charge in [-0.15, -0.1) is 6.58 Å². The number of ether oxygens (including phenoxy) is 5. The molecular weight excluding hydrogens is 935 g/mol. The maximum atomic E-state index is 15.3. The van der Waals surface area contributed by atoms with Gasteiger partial charge in [0.05, 0.1) is 18.2 Å². The summed E-state index contributed by atoms with van der Waals surface area (Å²) < 4.78 is 32.3. The molecule has 6 unspecified atom stereocenters. The van der Waals surface area contributed by atoms with Crippen molar-refractivity contribution in [2.75, 3.05) is 40.3 Å². The Morgan fingerprint density at radius 2 is 1.42 bits per heavy atom. The minimum absolute atomic E-state index is 0.00270. The number of carbonyl (C=O) groups is 2. The highest BCUT2D eigenvalue weighted by Crippen LogP contribution is 2.62. The molecule has 4 aliphatic rings. The number of rotatable bonds is 37. The van der Waals surface area contributed by atoms with E-state index in [4.69, 9.17) is 33.7 Å². The first-order valence-corrected chi connectivity index (χ1v) is 29.1. The number of aliphatic hydroxyl groups is 2. The number of nitrogens with one attached hydrogen (secondary N) is 1. The van der Waals surface area contributed by atoms with Crippen LogP contribution in [0.25, 0.3) is 0 Å². The van der Waals surface area contributed by atoms with Crippen molar-refractivity contribution in [3.63, 3.8) is 0 Å². The third kappa shape index (κ3) is 16.5. The maximum absolute atomic E-state index is 15.3. The minimum Gasteiger partial charge on any atom is -0.459 e. The van der Waals surface area contributed by atoms with Crippen molar-refractivity contribution in [3.05, 3.63) is 71.8 Å². The first-order chi connectivity index (χ1) is 36.3. The lowest BCUT2D eigenvalue weighted by Gasteiger charge is -2.60. The van der Waals surface area contributed by atoms with Gasteiger partial charge in [-0.2, -0.15) is 0 Å². The summed E-state index contributed by atoms with van der Waals surface area (Å²) in [6.45, 7) is 9.86. The first-order valence-electron chi connectivity index (χ1n) is 29.1. The Bertz CT molecular complexity index is 2080. The van der Waals surface area contributed by atoms with Crippen LogP contribution in [0.2, 0.25) is 0 Å². The molecule has 1 saturated carbocycles. The molecule has 13 nitrogen and oxygen atoms in total. The number of benzene rings is 2. The number of fused-ring (bicyclic) bond motifs is 3. The zero-order chi connectivity index (χ0) is 52.4. The van der Waals surface area contributed by atoms with Crippen LogP contribution in [0.4, 0.5) is 4.79 Å². The average molecular weight is 1030 g/mol. The number of oxime groups is 1. The van der Waals surface area contributed by atoms with Crippen LogP contribution in [0.1, 0.15) is 204 Å². The molecule has 412 valence electrons. The molecule has 2 aromatic rings. The molecular formula is C61H93N3O10. The van der Waals surface area contributed by atoms with Gasteiger partial charge in [0.1, 0.15) is 24.7 Å². The smallest absolute Gasteiger partial charge is 0.412 e. The second kappa shape index (κ2) is 32.1. The Morgan fingerprint density at radius 3 is 2.08 bits per heavy atom. The van der Waals surface area contributed by atoms with Crippen molar-refractivity contribution in [2.45, 2.75) is 212 Å². The summed E-state index contributed by atoms with van der Waals surface area (Å²) >= 11 is 0. The summed E-state index contributed by atoms with van der Waals surface area (Å²) in [6.07, 6.45) is 31.1. The number of nitrogens with zero attached hydrogens (tertiary/aromatic N) is 2. The molecule has 0 spiro atoms. The number of hydrogen-bond donors (Lipinski definition) is 3. The van der Waals surface area contributed by atoms with Gasteiger partial charge in [0, 0.05) is 50.6 Å². The fraction of sp³-hybridized carbons (Fsp3) is 0.689.